The van der Waals surface area contributed by atoms with Crippen molar-refractivity contribution in [3.63, 3.8) is 0 Å². The first kappa shape index (κ1) is 13.4. The predicted octanol–water partition coefficient (Wildman–Crippen LogP) is 2.88. The summed E-state index contributed by atoms with van der Waals surface area (Å²) in [5.41, 5.74) is 0.991. The van der Waals surface area contributed by atoms with Crippen LogP contribution in [0.25, 0.3) is 5.69 Å². The van der Waals surface area contributed by atoms with E-state index in [-0.39, 0.29) is 16.5 Å². The van der Waals surface area contributed by atoms with Crippen molar-refractivity contribution in [3.05, 3.63) is 40.7 Å². The van der Waals surface area contributed by atoms with Gasteiger partial charge in [0.1, 0.15) is 16.5 Å². The van der Waals surface area contributed by atoms with Crippen molar-refractivity contribution in [2.75, 3.05) is 0 Å². The maximum atomic E-state index is 11.2. The normalized spacial score (nSPS) is 10.6. The number of phenols is 1. The van der Waals surface area contributed by atoms with Crippen LogP contribution in [0.2, 0.25) is 5.15 Å². The van der Waals surface area contributed by atoms with Crippen LogP contribution in [0.1, 0.15) is 29.4 Å². The molecule has 0 radical (unpaired) electrons. The molecule has 0 saturated carbocycles. The Morgan fingerprint density at radius 2 is 2.21 bits per heavy atom. The number of carboxylic acids is 1. The number of aromatic carboxylic acids is 1. The summed E-state index contributed by atoms with van der Waals surface area (Å²) in [6, 6.07) is 6.33. The Labute approximate surface area is 115 Å². The summed E-state index contributed by atoms with van der Waals surface area (Å²) < 4.78 is 1.33. The highest BCUT2D eigenvalue weighted by Gasteiger charge is 2.22. The molecule has 19 heavy (non-hydrogen) atoms. The molecule has 1 aromatic heterocycles. The first-order valence-electron chi connectivity index (χ1n) is 5.84. The molecule has 2 aromatic rings. The van der Waals surface area contributed by atoms with Crippen LogP contribution >= 0.6 is 11.6 Å². The number of benzene rings is 1. The Hall–Kier alpha value is -2.01. The van der Waals surface area contributed by atoms with Gasteiger partial charge in [-0.15, -0.1) is 0 Å². The Kier molecular flexibility index (Phi) is 3.76. The van der Waals surface area contributed by atoms with E-state index in [0.717, 1.165) is 6.42 Å². The fourth-order valence-electron chi connectivity index (χ4n) is 1.86. The minimum atomic E-state index is -1.10. The highest BCUT2D eigenvalue weighted by atomic mass is 35.5. The second-order valence-corrected chi connectivity index (χ2v) is 4.46. The van der Waals surface area contributed by atoms with Crippen LogP contribution in [0, 0.1) is 0 Å². The second-order valence-electron chi connectivity index (χ2n) is 4.10. The van der Waals surface area contributed by atoms with E-state index in [9.17, 15) is 15.0 Å². The molecule has 5 nitrogen and oxygen atoms in total. The van der Waals surface area contributed by atoms with E-state index >= 15 is 0 Å². The lowest BCUT2D eigenvalue weighted by Crippen LogP contribution is -2.00. The molecular formula is C13H13ClN2O3. The first-order chi connectivity index (χ1) is 9.04. The third-order valence-electron chi connectivity index (χ3n) is 2.68. The lowest BCUT2D eigenvalue weighted by molar-refractivity contribution is 0.0696. The van der Waals surface area contributed by atoms with E-state index in [1.165, 1.54) is 16.8 Å². The summed E-state index contributed by atoms with van der Waals surface area (Å²) in [7, 11) is 0. The Bertz CT molecular complexity index is 622. The third-order valence-corrected chi connectivity index (χ3v) is 3.03. The fraction of sp³-hybridized carbons (Fsp3) is 0.231. The van der Waals surface area contributed by atoms with E-state index in [1.807, 2.05) is 6.92 Å². The number of rotatable bonds is 4. The quantitative estimate of drug-likeness (QED) is 0.903. The molecule has 1 aromatic carbocycles. The molecule has 0 fully saturated rings. The standard InChI is InChI=1S/C13H13ClN2O3/c1-2-4-10-11(13(18)19)12(14)16(15-10)8-5-3-6-9(17)7-8/h3,5-7,17H,2,4H2,1H3,(H,18,19). The van der Waals surface area contributed by atoms with Crippen LogP contribution in [0.15, 0.2) is 24.3 Å². The molecule has 0 aliphatic carbocycles. The zero-order valence-corrected chi connectivity index (χ0v) is 11.1. The van der Waals surface area contributed by atoms with Crippen molar-refractivity contribution in [1.82, 2.24) is 9.78 Å². The number of hydrogen-bond donors (Lipinski definition) is 2. The van der Waals surface area contributed by atoms with Gasteiger partial charge < -0.3 is 10.2 Å². The van der Waals surface area contributed by atoms with Crippen molar-refractivity contribution < 1.29 is 15.0 Å². The number of aromatic hydroxyl groups is 1. The predicted molar refractivity (Wildman–Crippen MR) is 71.2 cm³/mol. The van der Waals surface area contributed by atoms with Gasteiger partial charge in [-0.1, -0.05) is 31.0 Å². The smallest absolute Gasteiger partial charge is 0.340 e. The van der Waals surface area contributed by atoms with Crippen molar-refractivity contribution in [3.8, 4) is 11.4 Å². The van der Waals surface area contributed by atoms with Crippen LogP contribution in [0.5, 0.6) is 5.75 Å². The van der Waals surface area contributed by atoms with Gasteiger partial charge in [0.25, 0.3) is 0 Å². The maximum absolute atomic E-state index is 11.2. The van der Waals surface area contributed by atoms with Gasteiger partial charge in [-0.2, -0.15) is 5.10 Å². The van der Waals surface area contributed by atoms with Gasteiger partial charge in [0.15, 0.2) is 0 Å². The zero-order chi connectivity index (χ0) is 14.0. The van der Waals surface area contributed by atoms with Crippen molar-refractivity contribution >= 4 is 17.6 Å². The summed E-state index contributed by atoms with van der Waals surface area (Å²) in [6.45, 7) is 1.94. The van der Waals surface area contributed by atoms with Gasteiger partial charge in [0, 0.05) is 6.07 Å². The molecule has 0 spiro atoms. The molecule has 0 amide bonds. The molecule has 100 valence electrons. The summed E-state index contributed by atoms with van der Waals surface area (Å²) in [4.78, 5) is 11.2. The number of aryl methyl sites for hydroxylation is 1. The summed E-state index contributed by atoms with van der Waals surface area (Å²) >= 11 is 6.09. The number of aromatic nitrogens is 2. The number of hydrogen-bond acceptors (Lipinski definition) is 3. The molecule has 0 aliphatic heterocycles. The molecular weight excluding hydrogens is 268 g/mol. The molecule has 2 N–H and O–H groups in total. The van der Waals surface area contributed by atoms with Gasteiger partial charge in [-0.05, 0) is 18.6 Å². The van der Waals surface area contributed by atoms with Crippen LogP contribution in [0.4, 0.5) is 0 Å². The molecule has 6 heteroatoms. The number of phenolic OH excluding ortho intramolecular Hbond substituents is 1. The van der Waals surface area contributed by atoms with E-state index in [4.69, 9.17) is 11.6 Å². The minimum absolute atomic E-state index is 0.0202. The van der Waals surface area contributed by atoms with Gasteiger partial charge in [-0.3, -0.25) is 0 Å². The van der Waals surface area contributed by atoms with Gasteiger partial charge in [-0.25, -0.2) is 9.48 Å². The molecule has 0 saturated heterocycles. The largest absolute Gasteiger partial charge is 0.508 e. The lowest BCUT2D eigenvalue weighted by atomic mass is 10.2. The topological polar surface area (TPSA) is 75.3 Å². The summed E-state index contributed by atoms with van der Waals surface area (Å²) in [6.07, 6.45) is 1.31. The average Bonchev–Trinajstić information content (AvgIpc) is 2.67. The number of carboxylic acid groups (broad SMARTS) is 1. The third kappa shape index (κ3) is 2.56. The van der Waals surface area contributed by atoms with Crippen LogP contribution in [-0.4, -0.2) is 26.0 Å². The molecule has 0 aliphatic rings. The van der Waals surface area contributed by atoms with Crippen molar-refractivity contribution in [1.29, 1.82) is 0 Å². The number of halogens is 1. The SMILES string of the molecule is CCCc1nn(-c2cccc(O)c2)c(Cl)c1C(=O)O. The first-order valence-corrected chi connectivity index (χ1v) is 6.22. The molecule has 0 unspecified atom stereocenters. The Balaban J connectivity index is 2.59. The van der Waals surface area contributed by atoms with Gasteiger partial charge in [0.2, 0.25) is 0 Å². The average molecular weight is 281 g/mol. The van der Waals surface area contributed by atoms with Crippen LogP contribution in [0.3, 0.4) is 0 Å². The monoisotopic (exact) mass is 280 g/mol. The van der Waals surface area contributed by atoms with Gasteiger partial charge in [0.05, 0.1) is 11.4 Å². The maximum Gasteiger partial charge on any atom is 0.340 e. The number of carbonyl (C=O) groups is 1. The minimum Gasteiger partial charge on any atom is -0.508 e. The lowest BCUT2D eigenvalue weighted by Gasteiger charge is -2.03. The van der Waals surface area contributed by atoms with Crippen LogP contribution < -0.4 is 0 Å². The molecule has 2 rings (SSSR count). The molecule has 1 heterocycles. The highest BCUT2D eigenvalue weighted by Crippen LogP contribution is 2.26. The summed E-state index contributed by atoms with van der Waals surface area (Å²) in [5, 5.41) is 22.9. The Morgan fingerprint density at radius 1 is 1.47 bits per heavy atom. The fourth-order valence-corrected chi connectivity index (χ4v) is 2.18. The zero-order valence-electron chi connectivity index (χ0n) is 10.3. The van der Waals surface area contributed by atoms with Crippen LogP contribution in [-0.2, 0) is 6.42 Å². The van der Waals surface area contributed by atoms with Crippen molar-refractivity contribution in [2.45, 2.75) is 19.8 Å². The highest BCUT2D eigenvalue weighted by molar-refractivity contribution is 6.33. The summed E-state index contributed by atoms with van der Waals surface area (Å²) in [5.74, 6) is -1.03. The van der Waals surface area contributed by atoms with E-state index in [2.05, 4.69) is 5.10 Å². The number of nitrogens with zero attached hydrogens (tertiary/aromatic N) is 2. The second kappa shape index (κ2) is 5.32. The Morgan fingerprint density at radius 3 is 2.79 bits per heavy atom. The molecule has 0 bridgehead atoms. The van der Waals surface area contributed by atoms with Gasteiger partial charge >= 0.3 is 5.97 Å². The van der Waals surface area contributed by atoms with Crippen molar-refractivity contribution in [2.24, 2.45) is 0 Å². The molecule has 0 atom stereocenters. The van der Waals surface area contributed by atoms with E-state index in [0.29, 0.717) is 17.8 Å². The van der Waals surface area contributed by atoms with E-state index < -0.39 is 5.97 Å². The van der Waals surface area contributed by atoms with E-state index in [1.54, 1.807) is 12.1 Å².